The fraction of sp³-hybridized carbons (Fsp3) is 0.143. The number of para-hydroxylation sites is 1. The summed E-state index contributed by atoms with van der Waals surface area (Å²) in [5.41, 5.74) is 2.25. The molecule has 0 atom stereocenters. The number of esters is 2. The zero-order valence-corrected chi connectivity index (χ0v) is 29.8. The molecule has 0 saturated carbocycles. The van der Waals surface area contributed by atoms with Gasteiger partial charge in [0.1, 0.15) is 11.5 Å². The summed E-state index contributed by atoms with van der Waals surface area (Å²) in [4.78, 5) is 71.6. The molecule has 0 spiro atoms. The Kier molecular flexibility index (Phi) is 14.4. The van der Waals surface area contributed by atoms with Crippen LogP contribution in [0.4, 0.5) is 0 Å². The highest BCUT2D eigenvalue weighted by Gasteiger charge is 2.21. The quantitative estimate of drug-likeness (QED) is 0.104. The molecule has 55 heavy (non-hydrogen) atoms. The number of carboxylic acid groups (broad SMARTS) is 3. The lowest BCUT2D eigenvalue weighted by Gasteiger charge is -2.24. The second-order valence-electron chi connectivity index (χ2n) is 11.9. The van der Waals surface area contributed by atoms with Crippen molar-refractivity contribution in [2.24, 2.45) is 0 Å². The average Bonchev–Trinajstić information content (AvgIpc) is 3.18. The molecule has 0 heterocycles. The van der Waals surface area contributed by atoms with Crippen LogP contribution < -0.4 is 4.74 Å². The number of carbonyl (C=O) groups excluding carboxylic acids is 3. The topological polar surface area (TPSA) is 194 Å². The van der Waals surface area contributed by atoms with E-state index >= 15 is 0 Å². The molecule has 0 aliphatic carbocycles. The first-order chi connectivity index (χ1) is 26.4. The van der Waals surface area contributed by atoms with Gasteiger partial charge in [-0.1, -0.05) is 72.8 Å². The summed E-state index contributed by atoms with van der Waals surface area (Å²) in [6.45, 7) is 0.583. The predicted molar refractivity (Wildman–Crippen MR) is 198 cm³/mol. The van der Waals surface area contributed by atoms with Gasteiger partial charge in [0.25, 0.3) is 5.91 Å². The fourth-order valence-corrected chi connectivity index (χ4v) is 5.31. The van der Waals surface area contributed by atoms with Crippen LogP contribution in [0, 0.1) is 0 Å². The molecule has 13 nitrogen and oxygen atoms in total. The van der Waals surface area contributed by atoms with Crippen molar-refractivity contribution in [3.8, 4) is 11.5 Å². The largest absolute Gasteiger partial charge is 0.481 e. The third-order valence-electron chi connectivity index (χ3n) is 8.03. The number of hydrogen-bond acceptors (Lipinski definition) is 9. The van der Waals surface area contributed by atoms with Crippen molar-refractivity contribution in [1.82, 2.24) is 4.90 Å². The Balaban J connectivity index is 0.000000314. The highest BCUT2D eigenvalue weighted by molar-refractivity contribution is 5.99. The monoisotopic (exact) mass is 747 g/mol. The van der Waals surface area contributed by atoms with Crippen molar-refractivity contribution in [3.63, 3.8) is 0 Å². The molecular formula is C42H37NO12. The number of benzene rings is 5. The molecule has 1 amide bonds. The Bertz CT molecular complexity index is 2150. The summed E-state index contributed by atoms with van der Waals surface area (Å²) in [6.07, 6.45) is -0.567. The number of carboxylic acids is 3. The number of nitrogens with zero attached hydrogens (tertiary/aromatic N) is 1. The number of amides is 1. The van der Waals surface area contributed by atoms with Gasteiger partial charge in [-0.3, -0.25) is 14.4 Å². The minimum Gasteiger partial charge on any atom is -0.481 e. The normalized spacial score (nSPS) is 10.2. The van der Waals surface area contributed by atoms with Gasteiger partial charge in [-0.2, -0.15) is 0 Å². The molecule has 0 fully saturated rings. The number of ether oxygens (including phenoxy) is 3. The average molecular weight is 748 g/mol. The summed E-state index contributed by atoms with van der Waals surface area (Å²) in [7, 11) is 2.41. The summed E-state index contributed by atoms with van der Waals surface area (Å²) in [6, 6.07) is 34.3. The van der Waals surface area contributed by atoms with E-state index in [4.69, 9.17) is 14.9 Å². The first kappa shape index (κ1) is 40.5. The minimum absolute atomic E-state index is 0.0443. The summed E-state index contributed by atoms with van der Waals surface area (Å²) in [5, 5.41) is 27.5. The SMILES string of the molecule is COC(=O)Cc1ccc(C(=O)O)cc1C(=O)OC.O=C(O)Cc1ccc(C(=O)N(Cc2ccccc2)Cc2ccc(Oc3ccccc3)cc2)cc1C(=O)O. The third kappa shape index (κ3) is 11.9. The standard InChI is InChI=1S/C30H25NO6.C12H12O6/c32-28(33)18-23-13-14-24(17-27(23)30(35)36)29(34)31(19-21-7-3-1-4-8-21)20-22-11-15-26(16-12-22)37-25-9-5-2-6-10-25;1-17-10(13)6-7-3-4-8(11(14)15)5-9(7)12(16)18-2/h1-17H,18-20H2,(H,32,33)(H,35,36);3-5H,6H2,1-2H3,(H,14,15). The van der Waals surface area contributed by atoms with Gasteiger partial charge in [0, 0.05) is 18.7 Å². The maximum Gasteiger partial charge on any atom is 0.338 e. The van der Waals surface area contributed by atoms with Gasteiger partial charge in [0.15, 0.2) is 0 Å². The Labute approximate surface area is 315 Å². The molecule has 0 radical (unpaired) electrons. The van der Waals surface area contributed by atoms with E-state index in [2.05, 4.69) is 9.47 Å². The molecule has 0 unspecified atom stereocenters. The lowest BCUT2D eigenvalue weighted by atomic mass is 10.0. The van der Waals surface area contributed by atoms with Crippen LogP contribution in [0.25, 0.3) is 0 Å². The Hall–Kier alpha value is -7.28. The zero-order valence-electron chi connectivity index (χ0n) is 29.8. The summed E-state index contributed by atoms with van der Waals surface area (Å²) in [5.74, 6) is -3.79. The van der Waals surface area contributed by atoms with Gasteiger partial charge in [0.05, 0.1) is 43.8 Å². The number of carbonyl (C=O) groups is 6. The molecule has 5 aromatic rings. The van der Waals surface area contributed by atoms with E-state index in [1.165, 1.54) is 50.6 Å². The Morgan fingerprint density at radius 3 is 1.62 bits per heavy atom. The number of aromatic carboxylic acids is 2. The van der Waals surface area contributed by atoms with E-state index in [0.717, 1.165) is 16.9 Å². The third-order valence-corrected chi connectivity index (χ3v) is 8.03. The van der Waals surface area contributed by atoms with Crippen LogP contribution in [-0.2, 0) is 45.0 Å². The van der Waals surface area contributed by atoms with Crippen LogP contribution in [0.5, 0.6) is 11.5 Å². The molecule has 13 heteroatoms. The highest BCUT2D eigenvalue weighted by Crippen LogP contribution is 2.23. The predicted octanol–water partition coefficient (Wildman–Crippen LogP) is 6.53. The van der Waals surface area contributed by atoms with Gasteiger partial charge in [0.2, 0.25) is 0 Å². The maximum atomic E-state index is 13.6. The first-order valence-corrected chi connectivity index (χ1v) is 16.6. The molecule has 0 saturated heterocycles. The molecule has 5 aromatic carbocycles. The van der Waals surface area contributed by atoms with E-state index in [1.54, 1.807) is 4.90 Å². The van der Waals surface area contributed by atoms with Crippen molar-refractivity contribution in [1.29, 1.82) is 0 Å². The zero-order chi connectivity index (χ0) is 39.9. The second kappa shape index (κ2) is 19.5. The molecule has 5 rings (SSSR count). The van der Waals surface area contributed by atoms with Crippen molar-refractivity contribution in [2.75, 3.05) is 14.2 Å². The number of aliphatic carboxylic acids is 1. The smallest absolute Gasteiger partial charge is 0.338 e. The van der Waals surface area contributed by atoms with Gasteiger partial charge >= 0.3 is 29.8 Å². The van der Waals surface area contributed by atoms with E-state index in [1.807, 2.05) is 84.9 Å². The van der Waals surface area contributed by atoms with Crippen LogP contribution in [0.2, 0.25) is 0 Å². The van der Waals surface area contributed by atoms with Crippen LogP contribution in [-0.4, -0.2) is 70.2 Å². The maximum absolute atomic E-state index is 13.6. The van der Waals surface area contributed by atoms with Crippen molar-refractivity contribution in [3.05, 3.63) is 166 Å². The summed E-state index contributed by atoms with van der Waals surface area (Å²) >= 11 is 0. The van der Waals surface area contributed by atoms with E-state index < -0.39 is 36.3 Å². The van der Waals surface area contributed by atoms with E-state index in [0.29, 0.717) is 17.9 Å². The lowest BCUT2D eigenvalue weighted by molar-refractivity contribution is -0.140. The van der Waals surface area contributed by atoms with Crippen molar-refractivity contribution >= 4 is 35.8 Å². The molecule has 0 aliphatic rings. The molecule has 0 bridgehead atoms. The molecule has 3 N–H and O–H groups in total. The molecule has 282 valence electrons. The Morgan fingerprint density at radius 1 is 0.545 bits per heavy atom. The molecule has 0 aliphatic heterocycles. The van der Waals surface area contributed by atoms with E-state index in [-0.39, 0.29) is 46.7 Å². The lowest BCUT2D eigenvalue weighted by Crippen LogP contribution is -2.30. The number of rotatable bonds is 14. The van der Waals surface area contributed by atoms with Crippen LogP contribution >= 0.6 is 0 Å². The van der Waals surface area contributed by atoms with Gasteiger partial charge in [-0.05, 0) is 70.8 Å². The van der Waals surface area contributed by atoms with Crippen LogP contribution in [0.1, 0.15) is 63.7 Å². The minimum atomic E-state index is -1.28. The van der Waals surface area contributed by atoms with E-state index in [9.17, 15) is 33.9 Å². The Morgan fingerprint density at radius 2 is 1.07 bits per heavy atom. The highest BCUT2D eigenvalue weighted by atomic mass is 16.5. The molecular weight excluding hydrogens is 710 g/mol. The van der Waals surface area contributed by atoms with Crippen LogP contribution in [0.15, 0.2) is 121 Å². The van der Waals surface area contributed by atoms with Gasteiger partial charge in [-0.25, -0.2) is 14.4 Å². The molecule has 0 aromatic heterocycles. The number of methoxy groups -OCH3 is 2. The number of hydrogen-bond donors (Lipinski definition) is 3. The first-order valence-electron chi connectivity index (χ1n) is 16.6. The van der Waals surface area contributed by atoms with Crippen molar-refractivity contribution in [2.45, 2.75) is 25.9 Å². The second-order valence-corrected chi connectivity index (χ2v) is 11.9. The van der Waals surface area contributed by atoms with Crippen molar-refractivity contribution < 1.29 is 58.3 Å². The van der Waals surface area contributed by atoms with Gasteiger partial charge < -0.3 is 34.4 Å². The van der Waals surface area contributed by atoms with Crippen LogP contribution in [0.3, 0.4) is 0 Å². The summed E-state index contributed by atoms with van der Waals surface area (Å²) < 4.78 is 14.9. The van der Waals surface area contributed by atoms with Gasteiger partial charge in [-0.15, -0.1) is 0 Å². The fourth-order valence-electron chi connectivity index (χ4n) is 5.31.